The summed E-state index contributed by atoms with van der Waals surface area (Å²) in [6.07, 6.45) is 6.90. The van der Waals surface area contributed by atoms with Gasteiger partial charge < -0.3 is 4.90 Å². The summed E-state index contributed by atoms with van der Waals surface area (Å²) < 4.78 is 0. The Balaban J connectivity index is 0.967. The Morgan fingerprint density at radius 2 is 0.805 bits per heavy atom. The average Bonchev–Trinajstić information content (AvgIpc) is 4.24. The molecule has 1 heteroatoms. The molecule has 0 radical (unpaired) electrons. The van der Waals surface area contributed by atoms with Crippen molar-refractivity contribution < 1.29 is 0 Å². The molecule has 7 aliphatic rings. The Labute approximate surface area is 458 Å². The van der Waals surface area contributed by atoms with Gasteiger partial charge in [0.25, 0.3) is 0 Å². The molecule has 4 bridgehead atoms. The summed E-state index contributed by atoms with van der Waals surface area (Å²) in [4.78, 5) is 2.62. The van der Waals surface area contributed by atoms with E-state index in [1.165, 1.54) is 138 Å². The van der Waals surface area contributed by atoms with Gasteiger partial charge in [0.05, 0.1) is 5.41 Å². The van der Waals surface area contributed by atoms with Gasteiger partial charge in [0.15, 0.2) is 0 Å². The van der Waals surface area contributed by atoms with Crippen LogP contribution in [0.3, 0.4) is 0 Å². The molecule has 4 fully saturated rings. The summed E-state index contributed by atoms with van der Waals surface area (Å²) in [5, 5.41) is 0. The van der Waals surface area contributed by atoms with Crippen molar-refractivity contribution in [2.75, 3.05) is 4.90 Å². The van der Waals surface area contributed by atoms with Crippen LogP contribution in [0.2, 0.25) is 0 Å². The molecule has 0 unspecified atom stereocenters. The number of fused-ring (bicyclic) bond motifs is 9. The van der Waals surface area contributed by atoms with Crippen LogP contribution in [0.15, 0.2) is 200 Å². The molecule has 0 atom stereocenters. The van der Waals surface area contributed by atoms with Crippen LogP contribution in [0.25, 0.3) is 44.5 Å². The van der Waals surface area contributed by atoms with Crippen LogP contribution in [-0.4, -0.2) is 0 Å². The summed E-state index contributed by atoms with van der Waals surface area (Å²) >= 11 is 0. The smallest absolute Gasteiger partial charge is 0.0714 e. The van der Waals surface area contributed by atoms with Crippen molar-refractivity contribution >= 4 is 17.1 Å². The highest BCUT2D eigenvalue weighted by molar-refractivity contribution is 5.93. The van der Waals surface area contributed by atoms with Crippen molar-refractivity contribution in [3.05, 3.63) is 256 Å². The Bertz CT molecular complexity index is 3800. The van der Waals surface area contributed by atoms with E-state index < -0.39 is 5.41 Å². The maximum Gasteiger partial charge on any atom is 0.0714 e. The Kier molecular flexibility index (Phi) is 10.0. The molecule has 7 aliphatic carbocycles. The van der Waals surface area contributed by atoms with Crippen LogP contribution in [0.1, 0.15) is 143 Å². The lowest BCUT2D eigenvalue weighted by atomic mass is 9.43. The third-order valence-electron chi connectivity index (χ3n) is 20.4. The minimum Gasteiger partial charge on any atom is -0.310 e. The zero-order chi connectivity index (χ0) is 52.4. The number of rotatable bonds is 6. The first-order valence-electron chi connectivity index (χ1n) is 29.0. The number of hydrogen-bond acceptors (Lipinski definition) is 1. The zero-order valence-corrected chi connectivity index (χ0v) is 46.3. The molecule has 1 spiro atoms. The molecule has 9 aromatic carbocycles. The summed E-state index contributed by atoms with van der Waals surface area (Å²) in [6.45, 7) is 18.9. The topological polar surface area (TPSA) is 3.24 Å². The second kappa shape index (κ2) is 16.4. The van der Waals surface area contributed by atoms with Gasteiger partial charge in [-0.1, -0.05) is 219 Å². The summed E-state index contributed by atoms with van der Waals surface area (Å²) in [5.41, 5.74) is 27.7. The fraction of sp³-hybridized carbons (Fsp3) is 0.289. The molecule has 0 aromatic heterocycles. The van der Waals surface area contributed by atoms with Crippen molar-refractivity contribution in [3.8, 4) is 44.5 Å². The average molecular weight is 998 g/mol. The van der Waals surface area contributed by atoms with E-state index in [1.54, 1.807) is 11.1 Å². The maximum absolute atomic E-state index is 2.68. The molecule has 9 aromatic rings. The molecule has 1 nitrogen and oxygen atoms in total. The van der Waals surface area contributed by atoms with Gasteiger partial charge in [0, 0.05) is 27.9 Å². The number of anilines is 3. The molecular formula is C76H71N. The number of nitrogens with zero attached hydrogens (tertiary/aromatic N) is 1. The van der Waals surface area contributed by atoms with Gasteiger partial charge in [-0.15, -0.1) is 0 Å². The first-order valence-corrected chi connectivity index (χ1v) is 29.0. The standard InChI is InChI=1S/C76H71N/c1-72(2,3)50-18-15-20-52(43-50)75(53-21-16-19-51(44-53)73(4,5)6)67-28-13-10-22-60(67)63-36-34-57(45-69(63)75)77(56-32-30-49(31-33-56)59-25-17-26-65-62-24-9-12-27-66(62)74(7,8)71(59)65)58-35-37-64-61-23-11-14-29-68(61)76(70(64)46-58)54-39-47-38-48(41-54)42-55(76)40-47/h9-37,43-48,54-55H,38-42H2,1-8H3. The highest BCUT2D eigenvalue weighted by atomic mass is 15.1. The molecular weight excluding hydrogens is 927 g/mol. The van der Waals surface area contributed by atoms with Gasteiger partial charge in [-0.3, -0.25) is 0 Å². The molecule has 16 rings (SSSR count). The normalized spacial score (nSPS) is 22.3. The summed E-state index contributed by atoms with van der Waals surface area (Å²) in [7, 11) is 0. The van der Waals surface area contributed by atoms with Crippen LogP contribution in [0.4, 0.5) is 17.1 Å². The lowest BCUT2D eigenvalue weighted by molar-refractivity contribution is -0.0399. The van der Waals surface area contributed by atoms with Crippen LogP contribution in [0, 0.1) is 23.7 Å². The van der Waals surface area contributed by atoms with Crippen molar-refractivity contribution in [2.45, 2.75) is 115 Å². The summed E-state index contributed by atoms with van der Waals surface area (Å²) in [6, 6.07) is 78.8. The highest BCUT2D eigenvalue weighted by Gasteiger charge is 2.61. The van der Waals surface area contributed by atoms with E-state index in [0.717, 1.165) is 11.8 Å². The SMILES string of the molecule is CC(C)(C)c1cccc(C2(c3cccc(C(C)(C)C)c3)c3ccccc3-c3ccc(N(c4ccc(-c5cccc6c5C(C)(C)c5ccccc5-6)cc4)c4ccc5c(c4)C4(c6ccccc6-5)C5CC6CC(C5)CC4C6)cc32)c1. The third-order valence-corrected chi connectivity index (χ3v) is 20.4. The van der Waals surface area contributed by atoms with E-state index in [9.17, 15) is 0 Å². The Morgan fingerprint density at radius 3 is 1.39 bits per heavy atom. The molecule has 0 N–H and O–H groups in total. The van der Waals surface area contributed by atoms with Crippen LogP contribution in [-0.2, 0) is 27.1 Å². The van der Waals surface area contributed by atoms with Gasteiger partial charge in [-0.05, 0) is 203 Å². The van der Waals surface area contributed by atoms with E-state index in [4.69, 9.17) is 0 Å². The van der Waals surface area contributed by atoms with E-state index in [0.29, 0.717) is 11.8 Å². The second-order valence-corrected chi connectivity index (χ2v) is 26.9. The van der Waals surface area contributed by atoms with Gasteiger partial charge >= 0.3 is 0 Å². The van der Waals surface area contributed by atoms with E-state index in [2.05, 4.69) is 260 Å². The quantitative estimate of drug-likeness (QED) is 0.160. The van der Waals surface area contributed by atoms with Crippen LogP contribution >= 0.6 is 0 Å². The van der Waals surface area contributed by atoms with E-state index in [1.807, 2.05) is 0 Å². The van der Waals surface area contributed by atoms with Gasteiger partial charge in [-0.25, -0.2) is 0 Å². The third kappa shape index (κ3) is 6.59. The molecule has 380 valence electrons. The molecule has 0 saturated heterocycles. The minimum absolute atomic E-state index is 0.0301. The van der Waals surface area contributed by atoms with E-state index in [-0.39, 0.29) is 21.7 Å². The lowest BCUT2D eigenvalue weighted by Crippen LogP contribution is -2.55. The second-order valence-electron chi connectivity index (χ2n) is 26.9. The Morgan fingerprint density at radius 1 is 0.364 bits per heavy atom. The van der Waals surface area contributed by atoms with Gasteiger partial charge in [-0.2, -0.15) is 0 Å². The van der Waals surface area contributed by atoms with Crippen LogP contribution in [0.5, 0.6) is 0 Å². The number of benzene rings is 9. The van der Waals surface area contributed by atoms with Crippen molar-refractivity contribution in [1.82, 2.24) is 0 Å². The van der Waals surface area contributed by atoms with Crippen molar-refractivity contribution in [3.63, 3.8) is 0 Å². The molecule has 0 amide bonds. The fourth-order valence-electron chi connectivity index (χ4n) is 17.2. The molecule has 77 heavy (non-hydrogen) atoms. The lowest BCUT2D eigenvalue weighted by Gasteiger charge is -2.61. The first-order chi connectivity index (χ1) is 37.1. The Hall–Kier alpha value is -7.22. The van der Waals surface area contributed by atoms with Crippen molar-refractivity contribution in [1.29, 1.82) is 0 Å². The summed E-state index contributed by atoms with van der Waals surface area (Å²) in [5.74, 6) is 3.12. The zero-order valence-electron chi connectivity index (χ0n) is 46.3. The van der Waals surface area contributed by atoms with Gasteiger partial charge in [0.2, 0.25) is 0 Å². The monoisotopic (exact) mass is 998 g/mol. The van der Waals surface area contributed by atoms with Crippen molar-refractivity contribution in [2.24, 2.45) is 23.7 Å². The highest BCUT2D eigenvalue weighted by Crippen LogP contribution is 2.70. The van der Waals surface area contributed by atoms with Gasteiger partial charge in [0.1, 0.15) is 0 Å². The minimum atomic E-state index is -0.581. The fourth-order valence-corrected chi connectivity index (χ4v) is 17.2. The maximum atomic E-state index is 2.68. The molecule has 0 aliphatic heterocycles. The molecule has 4 saturated carbocycles. The largest absolute Gasteiger partial charge is 0.310 e. The van der Waals surface area contributed by atoms with Crippen LogP contribution < -0.4 is 4.90 Å². The first kappa shape index (κ1) is 47.0. The molecule has 0 heterocycles. The predicted molar refractivity (Wildman–Crippen MR) is 322 cm³/mol. The van der Waals surface area contributed by atoms with E-state index >= 15 is 0 Å². The predicted octanol–water partition coefficient (Wildman–Crippen LogP) is 19.8. The number of hydrogen-bond donors (Lipinski definition) is 0.